The van der Waals surface area contributed by atoms with Crippen LogP contribution in [-0.4, -0.2) is 43.7 Å². The van der Waals surface area contributed by atoms with Crippen molar-refractivity contribution < 1.29 is 30.8 Å². The molecule has 0 saturated carbocycles. The van der Waals surface area contributed by atoms with Gasteiger partial charge in [0.2, 0.25) is 15.9 Å². The molecule has 1 aliphatic heterocycles. The molecular weight excluding hydrogens is 472 g/mol. The summed E-state index contributed by atoms with van der Waals surface area (Å²) in [5.74, 6) is -0.959. The standard InChI is InChI=1S/C21H21ClF4N2O3S/c1-27(13-14-2-4-16(23)5-3-14)20(29)15-8-10-28(11-9-15)32(30,31)17-6-7-19(22)18(12-17)21(24,25)26/h2-7,12,15H,8-11,13H2,1H3. The third-order valence-electron chi connectivity index (χ3n) is 5.39. The summed E-state index contributed by atoms with van der Waals surface area (Å²) in [5, 5.41) is -0.579. The molecule has 1 amide bonds. The summed E-state index contributed by atoms with van der Waals surface area (Å²) in [4.78, 5) is 13.7. The van der Waals surface area contributed by atoms with Crippen molar-refractivity contribution in [3.05, 3.63) is 64.4 Å². The van der Waals surface area contributed by atoms with Gasteiger partial charge in [0.25, 0.3) is 0 Å². The fourth-order valence-electron chi connectivity index (χ4n) is 3.63. The van der Waals surface area contributed by atoms with Crippen molar-refractivity contribution in [2.24, 2.45) is 5.92 Å². The third-order valence-corrected chi connectivity index (χ3v) is 7.62. The Hall–Kier alpha value is -2.17. The van der Waals surface area contributed by atoms with Gasteiger partial charge in [-0.2, -0.15) is 17.5 Å². The molecule has 32 heavy (non-hydrogen) atoms. The number of sulfonamides is 1. The lowest BCUT2D eigenvalue weighted by atomic mass is 9.96. The van der Waals surface area contributed by atoms with Crippen LogP contribution in [0.3, 0.4) is 0 Å². The quantitative estimate of drug-likeness (QED) is 0.575. The molecule has 1 fully saturated rings. The minimum absolute atomic E-state index is 0.00705. The molecule has 2 aromatic carbocycles. The van der Waals surface area contributed by atoms with E-state index in [0.29, 0.717) is 6.07 Å². The van der Waals surface area contributed by atoms with Gasteiger partial charge in [0.05, 0.1) is 15.5 Å². The summed E-state index contributed by atoms with van der Waals surface area (Å²) in [5.41, 5.74) is -0.460. The number of carbonyl (C=O) groups is 1. The molecule has 0 aromatic heterocycles. The van der Waals surface area contributed by atoms with Gasteiger partial charge in [-0.15, -0.1) is 0 Å². The maximum Gasteiger partial charge on any atom is 0.417 e. The zero-order valence-corrected chi connectivity index (χ0v) is 18.6. The Morgan fingerprint density at radius 1 is 1.12 bits per heavy atom. The fourth-order valence-corrected chi connectivity index (χ4v) is 5.35. The molecule has 174 valence electrons. The summed E-state index contributed by atoms with van der Waals surface area (Å²) < 4.78 is 79.1. The average molecular weight is 493 g/mol. The third kappa shape index (κ3) is 5.41. The van der Waals surface area contributed by atoms with Crippen LogP contribution in [0.25, 0.3) is 0 Å². The Bertz CT molecular complexity index is 1080. The summed E-state index contributed by atoms with van der Waals surface area (Å²) in [6.07, 6.45) is -4.30. The number of benzene rings is 2. The highest BCUT2D eigenvalue weighted by Gasteiger charge is 2.37. The van der Waals surface area contributed by atoms with E-state index >= 15 is 0 Å². The smallest absolute Gasteiger partial charge is 0.341 e. The summed E-state index contributed by atoms with van der Waals surface area (Å²) in [7, 11) is -2.56. The molecule has 0 atom stereocenters. The van der Waals surface area contributed by atoms with Crippen LogP contribution in [-0.2, 0) is 27.5 Å². The molecule has 3 rings (SSSR count). The molecule has 0 aliphatic carbocycles. The lowest BCUT2D eigenvalue weighted by molar-refractivity contribution is -0.138. The molecule has 1 saturated heterocycles. The van der Waals surface area contributed by atoms with E-state index in [1.807, 2.05) is 0 Å². The predicted octanol–water partition coefficient (Wildman–Crippen LogP) is 4.56. The van der Waals surface area contributed by atoms with E-state index in [1.165, 1.54) is 17.0 Å². The Balaban J connectivity index is 1.65. The average Bonchev–Trinajstić information content (AvgIpc) is 2.74. The van der Waals surface area contributed by atoms with Crippen LogP contribution in [0.2, 0.25) is 5.02 Å². The molecule has 5 nitrogen and oxygen atoms in total. The highest BCUT2D eigenvalue weighted by atomic mass is 35.5. The van der Waals surface area contributed by atoms with Gasteiger partial charge in [-0.05, 0) is 48.7 Å². The maximum absolute atomic E-state index is 13.1. The molecule has 11 heteroatoms. The van der Waals surface area contributed by atoms with Crippen LogP contribution in [0.4, 0.5) is 17.6 Å². The van der Waals surface area contributed by atoms with Crippen molar-refractivity contribution in [1.29, 1.82) is 0 Å². The first kappa shape index (κ1) is 24.5. The molecule has 0 radical (unpaired) electrons. The lowest BCUT2D eigenvalue weighted by Crippen LogP contribution is -2.43. The highest BCUT2D eigenvalue weighted by Crippen LogP contribution is 2.37. The minimum Gasteiger partial charge on any atom is -0.341 e. The largest absolute Gasteiger partial charge is 0.417 e. The van der Waals surface area contributed by atoms with E-state index in [1.54, 1.807) is 19.2 Å². The van der Waals surface area contributed by atoms with Crippen LogP contribution >= 0.6 is 11.6 Å². The van der Waals surface area contributed by atoms with Crippen LogP contribution < -0.4 is 0 Å². The molecule has 1 heterocycles. The van der Waals surface area contributed by atoms with Crippen LogP contribution in [0, 0.1) is 11.7 Å². The van der Waals surface area contributed by atoms with Gasteiger partial charge in [-0.25, -0.2) is 12.8 Å². The van der Waals surface area contributed by atoms with E-state index in [2.05, 4.69) is 0 Å². The molecule has 0 bridgehead atoms. The monoisotopic (exact) mass is 492 g/mol. The molecule has 0 N–H and O–H groups in total. The van der Waals surface area contributed by atoms with Crippen molar-refractivity contribution in [2.75, 3.05) is 20.1 Å². The normalized spacial score (nSPS) is 16.2. The molecular formula is C21H21ClF4N2O3S. The Morgan fingerprint density at radius 2 is 1.72 bits per heavy atom. The summed E-state index contributed by atoms with van der Waals surface area (Å²) >= 11 is 5.58. The second-order valence-corrected chi connectivity index (χ2v) is 9.98. The highest BCUT2D eigenvalue weighted by molar-refractivity contribution is 7.89. The van der Waals surface area contributed by atoms with Crippen molar-refractivity contribution in [3.8, 4) is 0 Å². The van der Waals surface area contributed by atoms with Gasteiger partial charge in [0.1, 0.15) is 5.82 Å². The molecule has 1 aliphatic rings. The Kier molecular flexibility index (Phi) is 7.16. The van der Waals surface area contributed by atoms with Crippen molar-refractivity contribution >= 4 is 27.5 Å². The first-order chi connectivity index (χ1) is 14.9. The fraction of sp³-hybridized carbons (Fsp3) is 0.381. The second-order valence-electron chi connectivity index (χ2n) is 7.64. The van der Waals surface area contributed by atoms with Crippen LogP contribution in [0.15, 0.2) is 47.4 Å². The van der Waals surface area contributed by atoms with Gasteiger partial charge in [-0.3, -0.25) is 4.79 Å². The van der Waals surface area contributed by atoms with Gasteiger partial charge in [-0.1, -0.05) is 23.7 Å². The number of nitrogens with zero attached hydrogens (tertiary/aromatic N) is 2. The summed E-state index contributed by atoms with van der Waals surface area (Å²) in [6, 6.07) is 8.26. The Labute approximate surface area is 188 Å². The minimum atomic E-state index is -4.78. The number of halogens is 5. The molecule has 0 spiro atoms. The number of alkyl halides is 3. The van der Waals surface area contributed by atoms with Crippen LogP contribution in [0.5, 0.6) is 0 Å². The van der Waals surface area contributed by atoms with Gasteiger partial charge in [0.15, 0.2) is 0 Å². The summed E-state index contributed by atoms with van der Waals surface area (Å²) in [6.45, 7) is 0.294. The van der Waals surface area contributed by atoms with E-state index in [4.69, 9.17) is 11.6 Å². The predicted molar refractivity (Wildman–Crippen MR) is 111 cm³/mol. The SMILES string of the molecule is CN(Cc1ccc(F)cc1)C(=O)C1CCN(S(=O)(=O)c2ccc(Cl)c(C(F)(F)F)c2)CC1. The van der Waals surface area contributed by atoms with Crippen molar-refractivity contribution in [3.63, 3.8) is 0 Å². The van der Waals surface area contributed by atoms with Gasteiger partial charge < -0.3 is 4.90 Å². The first-order valence-electron chi connectivity index (χ1n) is 9.76. The van der Waals surface area contributed by atoms with E-state index in [0.717, 1.165) is 22.0 Å². The number of amides is 1. The van der Waals surface area contributed by atoms with Crippen molar-refractivity contribution in [1.82, 2.24) is 9.21 Å². The number of carbonyl (C=O) groups excluding carboxylic acids is 1. The van der Waals surface area contributed by atoms with E-state index in [9.17, 15) is 30.8 Å². The van der Waals surface area contributed by atoms with Crippen molar-refractivity contribution in [2.45, 2.75) is 30.5 Å². The topological polar surface area (TPSA) is 57.7 Å². The Morgan fingerprint density at radius 3 is 2.28 bits per heavy atom. The van der Waals surface area contributed by atoms with Gasteiger partial charge >= 0.3 is 6.18 Å². The molecule has 2 aromatic rings. The van der Waals surface area contributed by atoms with Crippen LogP contribution in [0.1, 0.15) is 24.0 Å². The van der Waals surface area contributed by atoms with E-state index in [-0.39, 0.29) is 44.2 Å². The number of rotatable bonds is 5. The van der Waals surface area contributed by atoms with Gasteiger partial charge in [0, 0.05) is 32.6 Å². The zero-order valence-electron chi connectivity index (χ0n) is 17.1. The number of hydrogen-bond acceptors (Lipinski definition) is 3. The molecule has 0 unspecified atom stereocenters. The zero-order chi connectivity index (χ0) is 23.7. The second kappa shape index (κ2) is 9.36. The first-order valence-corrected chi connectivity index (χ1v) is 11.6. The number of piperidine rings is 1. The lowest BCUT2D eigenvalue weighted by Gasteiger charge is -2.32. The maximum atomic E-state index is 13.1. The van der Waals surface area contributed by atoms with E-state index < -0.39 is 37.6 Å². The number of hydrogen-bond donors (Lipinski definition) is 0.